The fraction of sp³-hybridized carbons (Fsp3) is 0.683. The molecule has 0 bridgehead atoms. The lowest BCUT2D eigenvalue weighted by Gasteiger charge is -2.18. The molecule has 0 rings (SSSR count). The Kier molecular flexibility index (Phi) is 50.9. The van der Waals surface area contributed by atoms with Crippen LogP contribution in [0.25, 0.3) is 0 Å². The number of allylic oxidation sites excluding steroid dienone is 16. The van der Waals surface area contributed by atoms with Gasteiger partial charge in [-0.2, -0.15) is 0 Å². The van der Waals surface area contributed by atoms with E-state index in [9.17, 15) is 14.4 Å². The van der Waals surface area contributed by atoms with Crippen molar-refractivity contribution in [3.05, 3.63) is 97.2 Å². The van der Waals surface area contributed by atoms with E-state index in [2.05, 4.69) is 118 Å². The third-order valence-electron chi connectivity index (χ3n) is 11.3. The first-order valence-corrected chi connectivity index (χ1v) is 27.3. The first-order valence-electron chi connectivity index (χ1n) is 27.3. The van der Waals surface area contributed by atoms with E-state index >= 15 is 0 Å². The highest BCUT2D eigenvalue weighted by molar-refractivity contribution is 5.71. The lowest BCUT2D eigenvalue weighted by Crippen LogP contribution is -2.30. The molecule has 0 amide bonds. The molecule has 0 aromatic rings. The van der Waals surface area contributed by atoms with Crippen molar-refractivity contribution in [3.63, 3.8) is 0 Å². The van der Waals surface area contributed by atoms with Gasteiger partial charge in [-0.05, 0) is 109 Å². The van der Waals surface area contributed by atoms with Crippen LogP contribution in [0.5, 0.6) is 0 Å². The predicted molar refractivity (Wildman–Crippen MR) is 284 cm³/mol. The molecule has 0 aromatic carbocycles. The summed E-state index contributed by atoms with van der Waals surface area (Å²) < 4.78 is 16.8. The molecule has 0 saturated carbocycles. The maximum absolute atomic E-state index is 12.8. The molecule has 0 aromatic heterocycles. The summed E-state index contributed by atoms with van der Waals surface area (Å²) in [4.78, 5) is 38.0. The van der Waals surface area contributed by atoms with Gasteiger partial charge < -0.3 is 14.2 Å². The van der Waals surface area contributed by atoms with Crippen LogP contribution in [0.3, 0.4) is 0 Å². The molecule has 0 aliphatic heterocycles. The Morgan fingerprint density at radius 3 is 1.08 bits per heavy atom. The van der Waals surface area contributed by atoms with Gasteiger partial charge >= 0.3 is 17.9 Å². The van der Waals surface area contributed by atoms with Crippen LogP contribution in [0.2, 0.25) is 0 Å². The Morgan fingerprint density at radius 1 is 0.333 bits per heavy atom. The van der Waals surface area contributed by atoms with Crippen LogP contribution in [0.15, 0.2) is 97.2 Å². The Morgan fingerprint density at radius 2 is 0.652 bits per heavy atom. The van der Waals surface area contributed by atoms with Gasteiger partial charge in [0, 0.05) is 19.3 Å². The van der Waals surface area contributed by atoms with Crippen LogP contribution in [-0.4, -0.2) is 37.2 Å². The summed E-state index contributed by atoms with van der Waals surface area (Å²) in [5, 5.41) is 0. The van der Waals surface area contributed by atoms with Crippen LogP contribution in [0.4, 0.5) is 0 Å². The van der Waals surface area contributed by atoms with E-state index in [0.717, 1.165) is 89.9 Å². The van der Waals surface area contributed by atoms with Crippen molar-refractivity contribution in [3.8, 4) is 0 Å². The second kappa shape index (κ2) is 53.9. The molecular formula is C60H100O6. The second-order valence-electron chi connectivity index (χ2n) is 17.8. The lowest BCUT2D eigenvalue weighted by molar-refractivity contribution is -0.167. The molecule has 0 saturated heterocycles. The summed E-state index contributed by atoms with van der Waals surface area (Å²) in [7, 11) is 0. The minimum absolute atomic E-state index is 0.105. The maximum Gasteiger partial charge on any atom is 0.306 e. The summed E-state index contributed by atoms with van der Waals surface area (Å²) in [5.41, 5.74) is 0. The average molecular weight is 917 g/mol. The average Bonchev–Trinajstić information content (AvgIpc) is 3.31. The van der Waals surface area contributed by atoms with Crippen molar-refractivity contribution in [2.75, 3.05) is 13.2 Å². The number of carbonyl (C=O) groups is 3. The molecule has 66 heavy (non-hydrogen) atoms. The summed E-state index contributed by atoms with van der Waals surface area (Å²) in [5.74, 6) is -0.977. The summed E-state index contributed by atoms with van der Waals surface area (Å²) in [6.45, 7) is 6.41. The fourth-order valence-electron chi connectivity index (χ4n) is 7.23. The van der Waals surface area contributed by atoms with Crippen molar-refractivity contribution in [1.29, 1.82) is 0 Å². The number of esters is 3. The van der Waals surface area contributed by atoms with E-state index in [1.54, 1.807) is 0 Å². The molecule has 6 nitrogen and oxygen atoms in total. The zero-order chi connectivity index (χ0) is 47.9. The van der Waals surface area contributed by atoms with Gasteiger partial charge in [-0.3, -0.25) is 14.4 Å². The SMILES string of the molecule is CC/C=C\C/C=C\C/C=C\C/C=C\C/C=C\CCCC(=O)OC(COC(=O)CCCCCCC/C=C\CCCCC)COC(=O)CCCCCCCCCCCC/C=C\C=C/CCCCC. The van der Waals surface area contributed by atoms with Crippen molar-refractivity contribution in [1.82, 2.24) is 0 Å². The van der Waals surface area contributed by atoms with Crippen LogP contribution in [0, 0.1) is 0 Å². The van der Waals surface area contributed by atoms with Crippen LogP contribution in [-0.2, 0) is 28.6 Å². The molecule has 1 atom stereocenters. The van der Waals surface area contributed by atoms with Gasteiger partial charge in [0.1, 0.15) is 13.2 Å². The number of carbonyl (C=O) groups excluding carboxylic acids is 3. The number of unbranched alkanes of at least 4 members (excludes halogenated alkanes) is 22. The summed E-state index contributed by atoms with van der Waals surface area (Å²) >= 11 is 0. The van der Waals surface area contributed by atoms with Gasteiger partial charge in [-0.25, -0.2) is 0 Å². The molecule has 0 N–H and O–H groups in total. The van der Waals surface area contributed by atoms with E-state index < -0.39 is 6.10 Å². The Bertz CT molecular complexity index is 1330. The third kappa shape index (κ3) is 51.3. The van der Waals surface area contributed by atoms with Gasteiger partial charge in [0.2, 0.25) is 0 Å². The van der Waals surface area contributed by atoms with E-state index in [4.69, 9.17) is 14.2 Å². The van der Waals surface area contributed by atoms with E-state index in [0.29, 0.717) is 19.3 Å². The minimum Gasteiger partial charge on any atom is -0.462 e. The first-order chi connectivity index (χ1) is 32.5. The van der Waals surface area contributed by atoms with Gasteiger partial charge in [0.15, 0.2) is 6.10 Å². The summed E-state index contributed by atoms with van der Waals surface area (Å²) in [6.07, 6.45) is 71.1. The molecule has 0 radical (unpaired) electrons. The van der Waals surface area contributed by atoms with E-state index in [1.807, 2.05) is 0 Å². The highest BCUT2D eigenvalue weighted by Crippen LogP contribution is 2.14. The first kappa shape index (κ1) is 62.3. The van der Waals surface area contributed by atoms with Gasteiger partial charge in [0.25, 0.3) is 0 Å². The van der Waals surface area contributed by atoms with Gasteiger partial charge in [-0.1, -0.05) is 214 Å². The molecule has 6 heteroatoms. The van der Waals surface area contributed by atoms with Gasteiger partial charge in [0.05, 0.1) is 0 Å². The molecule has 0 fully saturated rings. The zero-order valence-electron chi connectivity index (χ0n) is 42.9. The molecule has 376 valence electrons. The van der Waals surface area contributed by atoms with Crippen molar-refractivity contribution in [2.24, 2.45) is 0 Å². The van der Waals surface area contributed by atoms with Crippen LogP contribution in [0.1, 0.15) is 245 Å². The smallest absolute Gasteiger partial charge is 0.306 e. The minimum atomic E-state index is -0.812. The molecule has 0 aliphatic carbocycles. The molecule has 0 heterocycles. The highest BCUT2D eigenvalue weighted by atomic mass is 16.6. The van der Waals surface area contributed by atoms with Crippen LogP contribution < -0.4 is 0 Å². The number of rotatable bonds is 48. The Hall–Kier alpha value is -3.67. The fourth-order valence-corrected chi connectivity index (χ4v) is 7.23. The molecule has 0 spiro atoms. The molecule has 1 unspecified atom stereocenters. The number of ether oxygens (including phenoxy) is 3. The van der Waals surface area contributed by atoms with E-state index in [1.165, 1.54) is 109 Å². The van der Waals surface area contributed by atoms with Crippen molar-refractivity contribution in [2.45, 2.75) is 252 Å². The van der Waals surface area contributed by atoms with E-state index in [-0.39, 0.29) is 37.5 Å². The standard InChI is InChI=1S/C60H100O6/c1-4-7-10-13-16-19-22-25-27-29-30-32-33-35-38-41-44-47-50-53-59(62)65-56-57(55-64-58(61)52-49-46-43-40-37-24-21-18-15-12-9-6-3)66-60(63)54-51-48-45-42-39-36-34-31-28-26-23-20-17-14-11-8-5-2/h8,11,16-22,25-26,28,34,36,42,45,57H,4-7,9-10,12-15,23-24,27,29-33,35,37-41,43-44,46-56H2,1-3H3/b11-8-,19-16-,20-17-,21-18-,25-22-,28-26-,36-34-,45-42-. The summed E-state index contributed by atoms with van der Waals surface area (Å²) in [6, 6.07) is 0. The predicted octanol–water partition coefficient (Wildman–Crippen LogP) is 18.1. The highest BCUT2D eigenvalue weighted by Gasteiger charge is 2.19. The van der Waals surface area contributed by atoms with Crippen molar-refractivity contribution < 1.29 is 28.6 Å². The quantitative estimate of drug-likeness (QED) is 0.0199. The Balaban J connectivity index is 4.46. The Labute approximate surface area is 407 Å². The molecular weight excluding hydrogens is 817 g/mol. The second-order valence-corrected chi connectivity index (χ2v) is 17.8. The third-order valence-corrected chi connectivity index (χ3v) is 11.3. The number of hydrogen-bond acceptors (Lipinski definition) is 6. The zero-order valence-corrected chi connectivity index (χ0v) is 42.9. The maximum atomic E-state index is 12.8. The van der Waals surface area contributed by atoms with Gasteiger partial charge in [-0.15, -0.1) is 0 Å². The largest absolute Gasteiger partial charge is 0.462 e. The molecule has 0 aliphatic rings. The van der Waals surface area contributed by atoms with Crippen molar-refractivity contribution >= 4 is 17.9 Å². The normalized spacial score (nSPS) is 12.8. The number of hydrogen-bond donors (Lipinski definition) is 0. The lowest BCUT2D eigenvalue weighted by atomic mass is 10.1. The monoisotopic (exact) mass is 917 g/mol. The van der Waals surface area contributed by atoms with Crippen LogP contribution >= 0.6 is 0 Å². The topological polar surface area (TPSA) is 78.9 Å².